The Hall–Kier alpha value is -1.20. The van der Waals surface area contributed by atoms with Crippen molar-refractivity contribution in [2.24, 2.45) is 0 Å². The Morgan fingerprint density at radius 2 is 1.86 bits per heavy atom. The van der Waals surface area contributed by atoms with Gasteiger partial charge in [0.1, 0.15) is 0 Å². The van der Waals surface area contributed by atoms with Gasteiger partial charge in [0.2, 0.25) is 0 Å². The van der Waals surface area contributed by atoms with E-state index in [4.69, 9.17) is 11.6 Å². The molecule has 3 rings (SSSR count). The number of aliphatic hydroxyl groups is 1. The molecule has 0 bridgehead atoms. The molecule has 3 nitrogen and oxygen atoms in total. The highest BCUT2D eigenvalue weighted by molar-refractivity contribution is 7.99. The average Bonchev–Trinajstić information content (AvgIpc) is 2.47. The van der Waals surface area contributed by atoms with Crippen LogP contribution in [0.5, 0.6) is 0 Å². The van der Waals surface area contributed by atoms with Gasteiger partial charge in [-0.2, -0.15) is 0 Å². The van der Waals surface area contributed by atoms with Crippen LogP contribution in [0.4, 0.5) is 11.4 Å². The Balaban J connectivity index is 1.98. The summed E-state index contributed by atoms with van der Waals surface area (Å²) < 4.78 is 0. The molecule has 2 aromatic carbocycles. The normalized spacial score (nSPS) is 14.7. The molecule has 0 saturated carbocycles. The molecule has 0 aliphatic carbocycles. The number of fused-ring (bicyclic) bond motifs is 2. The first-order valence-corrected chi connectivity index (χ1v) is 8.41. The number of hydrogen-bond donors (Lipinski definition) is 1. The molecule has 0 saturated heterocycles. The van der Waals surface area contributed by atoms with Crippen molar-refractivity contribution in [3.8, 4) is 0 Å². The number of β-amino-alcohol motifs (C(OH)–C–C–N with tert-alkyl or cyclic N) is 1. The largest absolute Gasteiger partial charge is 0.390 e. The van der Waals surface area contributed by atoms with Crippen LogP contribution in [0, 0.1) is 0 Å². The molecule has 2 aromatic rings. The van der Waals surface area contributed by atoms with Crippen molar-refractivity contribution >= 4 is 34.7 Å². The third-order valence-electron chi connectivity index (χ3n) is 3.56. The van der Waals surface area contributed by atoms with Crippen molar-refractivity contribution < 1.29 is 5.11 Å². The van der Waals surface area contributed by atoms with Gasteiger partial charge in [0, 0.05) is 21.4 Å². The third-order valence-corrected chi connectivity index (χ3v) is 4.92. The number of aliphatic hydroxyl groups excluding tert-OH is 1. The zero-order valence-electron chi connectivity index (χ0n) is 12.7. The van der Waals surface area contributed by atoms with Crippen molar-refractivity contribution in [1.29, 1.82) is 0 Å². The minimum absolute atomic E-state index is 0.432. The number of halogens is 1. The van der Waals surface area contributed by atoms with E-state index in [1.54, 1.807) is 11.8 Å². The van der Waals surface area contributed by atoms with E-state index < -0.39 is 6.10 Å². The summed E-state index contributed by atoms with van der Waals surface area (Å²) in [6, 6.07) is 14.2. The fourth-order valence-corrected chi connectivity index (χ4v) is 3.93. The summed E-state index contributed by atoms with van der Waals surface area (Å²) >= 11 is 7.93. The highest BCUT2D eigenvalue weighted by Crippen LogP contribution is 2.48. The second kappa shape index (κ2) is 6.50. The van der Waals surface area contributed by atoms with Gasteiger partial charge < -0.3 is 14.9 Å². The number of likely N-dealkylation sites (N-methyl/N-ethyl adjacent to an activating group) is 1. The standard InChI is InChI=1S/C17H19ClN2OS/c1-19(2)10-13(21)11-20-14-5-3-4-6-16(14)22-17-8-7-12(18)9-15(17)20/h3-9,13,21H,10-11H2,1-2H3/t13-/m1/s1. The van der Waals surface area contributed by atoms with Gasteiger partial charge in [0.15, 0.2) is 0 Å². The van der Waals surface area contributed by atoms with Crippen LogP contribution in [0.25, 0.3) is 0 Å². The zero-order valence-corrected chi connectivity index (χ0v) is 14.2. The van der Waals surface area contributed by atoms with Crippen LogP contribution < -0.4 is 4.90 Å². The van der Waals surface area contributed by atoms with E-state index in [0.717, 1.165) is 11.4 Å². The van der Waals surface area contributed by atoms with E-state index in [-0.39, 0.29) is 0 Å². The fourth-order valence-electron chi connectivity index (χ4n) is 2.69. The van der Waals surface area contributed by atoms with Crippen LogP contribution in [-0.4, -0.2) is 43.3 Å². The fraction of sp³-hybridized carbons (Fsp3) is 0.294. The molecular weight excluding hydrogens is 316 g/mol. The monoisotopic (exact) mass is 334 g/mol. The van der Waals surface area contributed by atoms with Gasteiger partial charge in [-0.05, 0) is 44.4 Å². The van der Waals surface area contributed by atoms with E-state index in [0.29, 0.717) is 18.1 Å². The lowest BCUT2D eigenvalue weighted by atomic mass is 10.2. The van der Waals surface area contributed by atoms with Crippen LogP contribution >= 0.6 is 23.4 Å². The molecular formula is C17H19ClN2OS. The van der Waals surface area contributed by atoms with Crippen molar-refractivity contribution in [3.63, 3.8) is 0 Å². The molecule has 0 fully saturated rings. The topological polar surface area (TPSA) is 26.7 Å². The van der Waals surface area contributed by atoms with Gasteiger partial charge in [-0.3, -0.25) is 0 Å². The first kappa shape index (κ1) is 15.7. The molecule has 0 amide bonds. The van der Waals surface area contributed by atoms with Gasteiger partial charge in [-0.1, -0.05) is 35.5 Å². The number of para-hydroxylation sites is 1. The quantitative estimate of drug-likeness (QED) is 0.918. The summed E-state index contributed by atoms with van der Waals surface area (Å²) in [6.07, 6.45) is -0.432. The number of rotatable bonds is 4. The van der Waals surface area contributed by atoms with Gasteiger partial charge in [-0.15, -0.1) is 0 Å². The van der Waals surface area contributed by atoms with Crippen LogP contribution in [-0.2, 0) is 0 Å². The van der Waals surface area contributed by atoms with Crippen molar-refractivity contribution in [3.05, 3.63) is 47.5 Å². The lowest BCUT2D eigenvalue weighted by Gasteiger charge is -2.34. The Bertz CT molecular complexity index is 677. The molecule has 22 heavy (non-hydrogen) atoms. The molecule has 0 aromatic heterocycles. The van der Waals surface area contributed by atoms with Crippen molar-refractivity contribution in [2.45, 2.75) is 15.9 Å². The smallest absolute Gasteiger partial charge is 0.0845 e. The summed E-state index contributed by atoms with van der Waals surface area (Å²) in [6.45, 7) is 1.17. The Labute approximate surface area is 140 Å². The summed E-state index contributed by atoms with van der Waals surface area (Å²) in [5.41, 5.74) is 2.19. The predicted octanol–water partition coefficient (Wildman–Crippen LogP) is 3.87. The highest BCUT2D eigenvalue weighted by atomic mass is 35.5. The Morgan fingerprint density at radius 1 is 1.14 bits per heavy atom. The molecule has 116 valence electrons. The lowest BCUT2D eigenvalue weighted by molar-refractivity contribution is 0.143. The number of hydrogen-bond acceptors (Lipinski definition) is 4. The van der Waals surface area contributed by atoms with Gasteiger partial charge in [0.25, 0.3) is 0 Å². The SMILES string of the molecule is CN(C)C[C@@H](O)CN1c2ccccc2Sc2ccc(Cl)cc21. The average molecular weight is 335 g/mol. The van der Waals surface area contributed by atoms with E-state index >= 15 is 0 Å². The summed E-state index contributed by atoms with van der Waals surface area (Å²) in [5, 5.41) is 11.1. The van der Waals surface area contributed by atoms with E-state index in [2.05, 4.69) is 17.0 Å². The zero-order chi connectivity index (χ0) is 15.7. The van der Waals surface area contributed by atoms with Crippen LogP contribution in [0.2, 0.25) is 5.02 Å². The molecule has 5 heteroatoms. The van der Waals surface area contributed by atoms with Crippen molar-refractivity contribution in [1.82, 2.24) is 4.90 Å². The van der Waals surface area contributed by atoms with Gasteiger partial charge >= 0.3 is 0 Å². The molecule has 1 N–H and O–H groups in total. The maximum Gasteiger partial charge on any atom is 0.0845 e. The third kappa shape index (κ3) is 3.25. The minimum atomic E-state index is -0.432. The first-order valence-electron chi connectivity index (χ1n) is 7.21. The lowest BCUT2D eigenvalue weighted by Crippen LogP contribution is -2.36. The minimum Gasteiger partial charge on any atom is -0.390 e. The molecule has 1 atom stereocenters. The van der Waals surface area contributed by atoms with Gasteiger partial charge in [-0.25, -0.2) is 0 Å². The van der Waals surface area contributed by atoms with Crippen molar-refractivity contribution in [2.75, 3.05) is 32.1 Å². The molecule has 1 aliphatic rings. The first-order chi connectivity index (χ1) is 10.5. The van der Waals surface area contributed by atoms with Crippen LogP contribution in [0.1, 0.15) is 0 Å². The maximum absolute atomic E-state index is 10.4. The van der Waals surface area contributed by atoms with E-state index in [9.17, 15) is 5.11 Å². The Kier molecular flexibility index (Phi) is 4.64. The predicted molar refractivity (Wildman–Crippen MR) is 93.6 cm³/mol. The summed E-state index contributed by atoms with van der Waals surface area (Å²) in [4.78, 5) is 6.53. The summed E-state index contributed by atoms with van der Waals surface area (Å²) in [7, 11) is 3.93. The van der Waals surface area contributed by atoms with E-state index in [1.165, 1.54) is 9.79 Å². The maximum atomic E-state index is 10.4. The number of nitrogens with zero attached hydrogens (tertiary/aromatic N) is 2. The molecule has 0 unspecified atom stereocenters. The molecule has 1 aliphatic heterocycles. The summed E-state index contributed by atoms with van der Waals surface area (Å²) in [5.74, 6) is 0. The number of anilines is 2. The highest BCUT2D eigenvalue weighted by Gasteiger charge is 2.25. The molecule has 0 radical (unpaired) electrons. The second-order valence-electron chi connectivity index (χ2n) is 5.71. The second-order valence-corrected chi connectivity index (χ2v) is 7.23. The van der Waals surface area contributed by atoms with Crippen LogP contribution in [0.15, 0.2) is 52.3 Å². The Morgan fingerprint density at radius 3 is 2.64 bits per heavy atom. The number of benzene rings is 2. The van der Waals surface area contributed by atoms with Gasteiger partial charge in [0.05, 0.1) is 24.0 Å². The van der Waals surface area contributed by atoms with Crippen LogP contribution in [0.3, 0.4) is 0 Å². The molecule has 1 heterocycles. The van der Waals surface area contributed by atoms with E-state index in [1.807, 2.05) is 49.3 Å². The molecule has 0 spiro atoms.